The van der Waals surface area contributed by atoms with E-state index in [1.165, 1.54) is 18.3 Å². The Morgan fingerprint density at radius 1 is 0.935 bits per heavy atom. The molecule has 0 saturated heterocycles. The molecule has 0 aliphatic heterocycles. The van der Waals surface area contributed by atoms with Crippen molar-refractivity contribution in [2.24, 2.45) is 4.99 Å². The average Bonchev–Trinajstić information content (AvgIpc) is 2.75. The number of hydrogen-bond acceptors (Lipinski definition) is 3. The van der Waals surface area contributed by atoms with Crippen LogP contribution < -0.4 is 5.56 Å². The fourth-order valence-electron chi connectivity index (χ4n) is 3.22. The number of aromatic nitrogens is 1. The third-order valence-corrected chi connectivity index (χ3v) is 5.23. The molecule has 31 heavy (non-hydrogen) atoms. The van der Waals surface area contributed by atoms with Crippen LogP contribution in [0.3, 0.4) is 0 Å². The van der Waals surface area contributed by atoms with Crippen LogP contribution in [0.5, 0.6) is 5.88 Å². The molecule has 4 rings (SSSR count). The molecule has 8 heteroatoms. The van der Waals surface area contributed by atoms with Crippen molar-refractivity contribution in [3.8, 4) is 11.6 Å². The molecular formula is C23H14BrF3N2O2. The fraction of sp³-hybridized carbons (Fsp3) is 0.0435. The molecule has 1 N–H and O–H groups in total. The topological polar surface area (TPSA) is 54.6 Å². The minimum Gasteiger partial charge on any atom is -0.494 e. The number of nitrogens with zero attached hydrogens (tertiary/aromatic N) is 2. The second-order valence-electron chi connectivity index (χ2n) is 6.71. The molecule has 4 nitrogen and oxygen atoms in total. The Morgan fingerprint density at radius 2 is 1.61 bits per heavy atom. The number of aliphatic imine (C=N–C) groups is 1. The van der Waals surface area contributed by atoms with E-state index in [9.17, 15) is 23.1 Å². The van der Waals surface area contributed by atoms with Crippen molar-refractivity contribution in [1.82, 2.24) is 4.57 Å². The van der Waals surface area contributed by atoms with E-state index >= 15 is 0 Å². The van der Waals surface area contributed by atoms with Crippen LogP contribution in [-0.2, 0) is 6.18 Å². The number of alkyl halides is 3. The standard InChI is InChI=1S/C23H14BrF3N2O2/c24-15-8-10-16(11-9-15)28-13-20-18-6-1-2-7-19(18)21(30)29(22(20)31)17-5-3-4-14(12-17)23(25,26)27/h1-13,31H. The summed E-state index contributed by atoms with van der Waals surface area (Å²) in [4.78, 5) is 17.4. The summed E-state index contributed by atoms with van der Waals surface area (Å²) < 4.78 is 41.3. The van der Waals surface area contributed by atoms with Crippen LogP contribution in [0.15, 0.2) is 87.1 Å². The van der Waals surface area contributed by atoms with Crippen LogP contribution in [0.2, 0.25) is 0 Å². The smallest absolute Gasteiger partial charge is 0.416 e. The van der Waals surface area contributed by atoms with Gasteiger partial charge in [-0.15, -0.1) is 0 Å². The van der Waals surface area contributed by atoms with Gasteiger partial charge in [0.2, 0.25) is 5.88 Å². The SMILES string of the molecule is O=c1c2ccccc2c(C=Nc2ccc(Br)cc2)c(O)n1-c1cccc(C(F)(F)F)c1. The lowest BCUT2D eigenvalue weighted by atomic mass is 10.1. The van der Waals surface area contributed by atoms with Crippen molar-refractivity contribution < 1.29 is 18.3 Å². The lowest BCUT2D eigenvalue weighted by Gasteiger charge is -2.15. The van der Waals surface area contributed by atoms with Crippen LogP contribution >= 0.6 is 15.9 Å². The highest BCUT2D eigenvalue weighted by Crippen LogP contribution is 2.32. The van der Waals surface area contributed by atoms with E-state index in [-0.39, 0.29) is 16.6 Å². The van der Waals surface area contributed by atoms with Crippen molar-refractivity contribution >= 4 is 38.6 Å². The molecule has 0 radical (unpaired) electrons. The first kappa shape index (κ1) is 20.9. The summed E-state index contributed by atoms with van der Waals surface area (Å²) in [6, 6.07) is 17.9. The zero-order valence-corrected chi connectivity index (χ0v) is 17.4. The fourth-order valence-corrected chi connectivity index (χ4v) is 3.48. The number of rotatable bonds is 3. The molecule has 0 fully saturated rings. The summed E-state index contributed by atoms with van der Waals surface area (Å²) in [5.74, 6) is -0.496. The second kappa shape index (κ2) is 8.03. The van der Waals surface area contributed by atoms with Crippen LogP contribution in [0.25, 0.3) is 16.5 Å². The summed E-state index contributed by atoms with van der Waals surface area (Å²) in [6.45, 7) is 0. The van der Waals surface area contributed by atoms with Gasteiger partial charge in [-0.3, -0.25) is 9.79 Å². The maximum Gasteiger partial charge on any atom is 0.416 e. The molecule has 0 aliphatic rings. The minimum absolute atomic E-state index is 0.0960. The number of aromatic hydroxyl groups is 1. The molecule has 0 unspecified atom stereocenters. The van der Waals surface area contributed by atoms with Gasteiger partial charge in [-0.05, 0) is 48.5 Å². The highest BCUT2D eigenvalue weighted by Gasteiger charge is 2.31. The van der Waals surface area contributed by atoms with E-state index in [4.69, 9.17) is 0 Å². The van der Waals surface area contributed by atoms with Gasteiger partial charge in [-0.2, -0.15) is 13.2 Å². The third kappa shape index (κ3) is 4.11. The quantitative estimate of drug-likeness (QED) is 0.349. The first-order valence-electron chi connectivity index (χ1n) is 9.10. The maximum atomic E-state index is 13.2. The van der Waals surface area contributed by atoms with Crippen molar-refractivity contribution in [3.63, 3.8) is 0 Å². The van der Waals surface area contributed by atoms with Crippen LogP contribution in [-0.4, -0.2) is 15.9 Å². The Labute approximate surface area is 183 Å². The van der Waals surface area contributed by atoms with Crippen LogP contribution in [0, 0.1) is 0 Å². The molecule has 0 amide bonds. The number of pyridine rings is 1. The monoisotopic (exact) mass is 486 g/mol. The van der Waals surface area contributed by atoms with Crippen LogP contribution in [0.1, 0.15) is 11.1 Å². The molecule has 0 bridgehead atoms. The van der Waals surface area contributed by atoms with Crippen molar-refractivity contribution in [3.05, 3.63) is 98.7 Å². The molecule has 156 valence electrons. The van der Waals surface area contributed by atoms with E-state index < -0.39 is 23.2 Å². The largest absolute Gasteiger partial charge is 0.494 e. The summed E-state index contributed by atoms with van der Waals surface area (Å²) in [7, 11) is 0. The van der Waals surface area contributed by atoms with Gasteiger partial charge in [0.15, 0.2) is 0 Å². The Balaban J connectivity index is 1.96. The lowest BCUT2D eigenvalue weighted by molar-refractivity contribution is -0.137. The Kier molecular flexibility index (Phi) is 5.41. The van der Waals surface area contributed by atoms with E-state index in [2.05, 4.69) is 20.9 Å². The van der Waals surface area contributed by atoms with Crippen molar-refractivity contribution in [1.29, 1.82) is 0 Å². The Bertz CT molecular complexity index is 1360. The van der Waals surface area contributed by atoms with Crippen molar-refractivity contribution in [2.45, 2.75) is 6.18 Å². The maximum absolute atomic E-state index is 13.2. The van der Waals surface area contributed by atoms with Crippen molar-refractivity contribution in [2.75, 3.05) is 0 Å². The highest BCUT2D eigenvalue weighted by atomic mass is 79.9. The molecule has 0 aliphatic carbocycles. The molecule has 0 saturated carbocycles. The van der Waals surface area contributed by atoms with Gasteiger partial charge in [0.1, 0.15) is 0 Å². The van der Waals surface area contributed by atoms with E-state index in [0.29, 0.717) is 11.1 Å². The van der Waals surface area contributed by atoms with Gasteiger partial charge < -0.3 is 5.11 Å². The molecular weight excluding hydrogens is 473 g/mol. The average molecular weight is 487 g/mol. The first-order chi connectivity index (χ1) is 14.8. The number of benzene rings is 3. The number of halogens is 4. The molecule has 1 heterocycles. The van der Waals surface area contributed by atoms with E-state index in [1.807, 2.05) is 0 Å². The van der Waals surface area contributed by atoms with E-state index in [0.717, 1.165) is 21.2 Å². The Hall–Kier alpha value is -3.39. The highest BCUT2D eigenvalue weighted by molar-refractivity contribution is 9.10. The van der Waals surface area contributed by atoms with Gasteiger partial charge in [-0.25, -0.2) is 4.57 Å². The first-order valence-corrected chi connectivity index (χ1v) is 9.89. The molecule has 0 spiro atoms. The number of fused-ring (bicyclic) bond motifs is 1. The second-order valence-corrected chi connectivity index (χ2v) is 7.62. The summed E-state index contributed by atoms with van der Waals surface area (Å²) >= 11 is 3.34. The predicted molar refractivity (Wildman–Crippen MR) is 118 cm³/mol. The third-order valence-electron chi connectivity index (χ3n) is 4.70. The predicted octanol–water partition coefficient (Wildman–Crippen LogP) is 6.23. The summed E-state index contributed by atoms with van der Waals surface area (Å²) in [5.41, 5.74) is -0.830. The number of hydrogen-bond donors (Lipinski definition) is 1. The van der Waals surface area contributed by atoms with Gasteiger partial charge >= 0.3 is 6.18 Å². The zero-order valence-electron chi connectivity index (χ0n) is 15.8. The van der Waals surface area contributed by atoms with Gasteiger partial charge in [0.25, 0.3) is 5.56 Å². The summed E-state index contributed by atoms with van der Waals surface area (Å²) in [6.07, 6.45) is -3.19. The normalized spacial score (nSPS) is 12.0. The van der Waals surface area contributed by atoms with Crippen LogP contribution in [0.4, 0.5) is 18.9 Å². The summed E-state index contributed by atoms with van der Waals surface area (Å²) in [5, 5.41) is 11.6. The molecule has 0 atom stereocenters. The van der Waals surface area contributed by atoms with Gasteiger partial charge in [0, 0.05) is 21.5 Å². The minimum atomic E-state index is -4.59. The molecule has 4 aromatic rings. The Morgan fingerprint density at radius 3 is 2.29 bits per heavy atom. The van der Waals surface area contributed by atoms with Gasteiger partial charge in [0.05, 0.1) is 22.5 Å². The zero-order chi connectivity index (χ0) is 22.2. The molecule has 1 aromatic heterocycles. The van der Waals surface area contributed by atoms with E-state index in [1.54, 1.807) is 48.5 Å². The lowest BCUT2D eigenvalue weighted by Crippen LogP contribution is -2.20. The molecule has 3 aromatic carbocycles. The van der Waals surface area contributed by atoms with Gasteiger partial charge in [-0.1, -0.05) is 40.2 Å².